The quantitative estimate of drug-likeness (QED) is 0.866. The second kappa shape index (κ2) is 7.24. The number of carbonyl (C=O) groups is 1. The molecule has 0 bridgehead atoms. The highest BCUT2D eigenvalue weighted by Gasteiger charge is 2.15. The first kappa shape index (κ1) is 15.5. The Morgan fingerprint density at radius 3 is 2.76 bits per heavy atom. The van der Waals surface area contributed by atoms with Crippen LogP contribution in [0.15, 0.2) is 10.9 Å². The monoisotopic (exact) mass is 292 g/mol. The van der Waals surface area contributed by atoms with Crippen LogP contribution in [-0.2, 0) is 4.79 Å². The second-order valence-electron chi connectivity index (χ2n) is 5.79. The molecule has 1 aliphatic rings. The molecule has 6 heteroatoms. The first-order valence-corrected chi connectivity index (χ1v) is 7.69. The minimum Gasteiger partial charge on any atom is -0.369 e. The molecule has 1 amide bonds. The Hall–Kier alpha value is -1.85. The topological polar surface area (TPSA) is 78.1 Å². The zero-order valence-corrected chi connectivity index (χ0v) is 12.8. The molecular formula is C15H24N4O2. The molecule has 2 rings (SSSR count). The van der Waals surface area contributed by atoms with E-state index < -0.39 is 0 Å². The third kappa shape index (κ3) is 4.58. The van der Waals surface area contributed by atoms with Gasteiger partial charge in [0, 0.05) is 38.0 Å². The molecule has 1 aromatic rings. The maximum Gasteiger partial charge on any atom is 0.252 e. The van der Waals surface area contributed by atoms with Gasteiger partial charge in [-0.2, -0.15) is 0 Å². The Kier molecular flexibility index (Phi) is 5.36. The Balaban J connectivity index is 1.85. The molecule has 0 saturated carbocycles. The highest BCUT2D eigenvalue weighted by Crippen LogP contribution is 2.11. The number of aromatic amines is 1. The summed E-state index contributed by atoms with van der Waals surface area (Å²) in [4.78, 5) is 32.6. The summed E-state index contributed by atoms with van der Waals surface area (Å²) in [7, 11) is 0. The van der Waals surface area contributed by atoms with Crippen molar-refractivity contribution < 1.29 is 4.79 Å². The summed E-state index contributed by atoms with van der Waals surface area (Å²) in [5.74, 6) is 1.53. The molecule has 1 fully saturated rings. The maximum atomic E-state index is 12.0. The van der Waals surface area contributed by atoms with E-state index in [-0.39, 0.29) is 17.4 Å². The molecule has 0 spiro atoms. The van der Waals surface area contributed by atoms with Gasteiger partial charge in [-0.1, -0.05) is 13.8 Å². The smallest absolute Gasteiger partial charge is 0.252 e. The fourth-order valence-corrected chi connectivity index (χ4v) is 2.44. The number of rotatable bonds is 5. The second-order valence-corrected chi connectivity index (χ2v) is 5.79. The van der Waals surface area contributed by atoms with Crippen LogP contribution in [0, 0.1) is 0 Å². The van der Waals surface area contributed by atoms with E-state index in [2.05, 4.69) is 15.3 Å². The van der Waals surface area contributed by atoms with Gasteiger partial charge in [0.05, 0.1) is 0 Å². The van der Waals surface area contributed by atoms with E-state index in [4.69, 9.17) is 0 Å². The highest BCUT2D eigenvalue weighted by atomic mass is 16.2. The van der Waals surface area contributed by atoms with Gasteiger partial charge in [0.25, 0.3) is 5.56 Å². The average Bonchev–Trinajstić information content (AvgIpc) is 2.47. The predicted octanol–water partition coefficient (Wildman–Crippen LogP) is 1.71. The first-order chi connectivity index (χ1) is 10.1. The van der Waals surface area contributed by atoms with Gasteiger partial charge in [-0.15, -0.1) is 0 Å². The number of amides is 1. The van der Waals surface area contributed by atoms with Crippen LogP contribution >= 0.6 is 0 Å². The molecule has 1 saturated heterocycles. The number of piperidine rings is 1. The number of anilines is 1. The largest absolute Gasteiger partial charge is 0.369 e. The lowest BCUT2D eigenvalue weighted by molar-refractivity contribution is -0.131. The lowest BCUT2D eigenvalue weighted by Crippen LogP contribution is -2.36. The van der Waals surface area contributed by atoms with Gasteiger partial charge in [0.2, 0.25) is 5.91 Å². The molecule has 0 aromatic carbocycles. The van der Waals surface area contributed by atoms with Crippen molar-refractivity contribution in [2.24, 2.45) is 0 Å². The van der Waals surface area contributed by atoms with Crippen molar-refractivity contribution >= 4 is 11.7 Å². The predicted molar refractivity (Wildman–Crippen MR) is 82.5 cm³/mol. The van der Waals surface area contributed by atoms with Gasteiger partial charge in [-0.05, 0) is 19.3 Å². The molecule has 0 unspecified atom stereocenters. The van der Waals surface area contributed by atoms with Gasteiger partial charge in [-0.3, -0.25) is 9.59 Å². The maximum absolute atomic E-state index is 12.0. The van der Waals surface area contributed by atoms with E-state index in [0.717, 1.165) is 25.9 Å². The zero-order chi connectivity index (χ0) is 15.2. The van der Waals surface area contributed by atoms with Crippen LogP contribution in [0.5, 0.6) is 0 Å². The summed E-state index contributed by atoms with van der Waals surface area (Å²) in [6.45, 7) is 6.20. The normalized spacial score (nSPS) is 15.3. The lowest BCUT2D eigenvalue weighted by atomic mass is 10.1. The number of H-pyrrole nitrogens is 1. The Morgan fingerprint density at radius 1 is 1.38 bits per heavy atom. The molecule has 6 nitrogen and oxygen atoms in total. The Labute approximate surface area is 125 Å². The van der Waals surface area contributed by atoms with Crippen molar-refractivity contribution in [1.29, 1.82) is 0 Å². The van der Waals surface area contributed by atoms with Crippen molar-refractivity contribution in [3.8, 4) is 0 Å². The van der Waals surface area contributed by atoms with Gasteiger partial charge in [0.15, 0.2) is 0 Å². The van der Waals surface area contributed by atoms with E-state index in [1.54, 1.807) is 0 Å². The fourth-order valence-electron chi connectivity index (χ4n) is 2.44. The summed E-state index contributed by atoms with van der Waals surface area (Å²) in [6, 6.07) is 1.43. The third-order valence-electron chi connectivity index (χ3n) is 3.66. The molecule has 0 radical (unpaired) electrons. The number of hydrogen-bond acceptors (Lipinski definition) is 4. The standard InChI is InChI=1S/C15H24N4O2/c1-11(2)15-17-12(10-13(20)18-15)16-7-6-14(21)19-8-4-3-5-9-19/h10-11H,3-9H2,1-2H3,(H2,16,17,18,20). The van der Waals surface area contributed by atoms with Crippen LogP contribution in [0.25, 0.3) is 0 Å². The van der Waals surface area contributed by atoms with E-state index in [9.17, 15) is 9.59 Å². The summed E-state index contributed by atoms with van der Waals surface area (Å²) >= 11 is 0. The van der Waals surface area contributed by atoms with Crippen molar-refractivity contribution in [2.75, 3.05) is 25.0 Å². The van der Waals surface area contributed by atoms with Crippen LogP contribution in [0.3, 0.4) is 0 Å². The van der Waals surface area contributed by atoms with Crippen LogP contribution < -0.4 is 10.9 Å². The summed E-state index contributed by atoms with van der Waals surface area (Å²) in [5.41, 5.74) is -0.168. The zero-order valence-electron chi connectivity index (χ0n) is 12.8. The van der Waals surface area contributed by atoms with E-state index in [1.165, 1.54) is 12.5 Å². The summed E-state index contributed by atoms with van der Waals surface area (Å²) < 4.78 is 0. The number of hydrogen-bond donors (Lipinski definition) is 2. The highest BCUT2D eigenvalue weighted by molar-refractivity contribution is 5.76. The molecule has 116 valence electrons. The van der Waals surface area contributed by atoms with Crippen molar-refractivity contribution in [2.45, 2.75) is 45.4 Å². The van der Waals surface area contributed by atoms with Crippen molar-refractivity contribution in [3.05, 3.63) is 22.2 Å². The Bertz CT molecular complexity index is 533. The molecule has 0 atom stereocenters. The Morgan fingerprint density at radius 2 is 2.10 bits per heavy atom. The van der Waals surface area contributed by atoms with E-state index >= 15 is 0 Å². The van der Waals surface area contributed by atoms with Crippen LogP contribution in [0.2, 0.25) is 0 Å². The molecule has 1 aliphatic heterocycles. The van der Waals surface area contributed by atoms with Gasteiger partial charge in [-0.25, -0.2) is 4.98 Å². The van der Waals surface area contributed by atoms with E-state index in [0.29, 0.717) is 24.6 Å². The molecule has 1 aromatic heterocycles. The molecule has 0 aliphatic carbocycles. The van der Waals surface area contributed by atoms with Gasteiger partial charge in [0.1, 0.15) is 11.6 Å². The van der Waals surface area contributed by atoms with Crippen molar-refractivity contribution in [3.63, 3.8) is 0 Å². The average molecular weight is 292 g/mol. The summed E-state index contributed by atoms with van der Waals surface area (Å²) in [5, 5.41) is 3.07. The molecule has 2 N–H and O–H groups in total. The summed E-state index contributed by atoms with van der Waals surface area (Å²) in [6.07, 6.45) is 3.86. The minimum atomic E-state index is -0.168. The first-order valence-electron chi connectivity index (χ1n) is 7.69. The SMILES string of the molecule is CC(C)c1nc(NCCC(=O)N2CCCCC2)cc(=O)[nH]1. The van der Waals surface area contributed by atoms with Crippen LogP contribution in [0.4, 0.5) is 5.82 Å². The number of nitrogens with zero attached hydrogens (tertiary/aromatic N) is 2. The van der Waals surface area contributed by atoms with E-state index in [1.807, 2.05) is 18.7 Å². The van der Waals surface area contributed by atoms with Gasteiger partial charge >= 0.3 is 0 Å². The van der Waals surface area contributed by atoms with Crippen LogP contribution in [0.1, 0.15) is 51.3 Å². The van der Waals surface area contributed by atoms with Gasteiger partial charge < -0.3 is 15.2 Å². The minimum absolute atomic E-state index is 0.162. The molecule has 21 heavy (non-hydrogen) atoms. The third-order valence-corrected chi connectivity index (χ3v) is 3.66. The van der Waals surface area contributed by atoms with Crippen LogP contribution in [-0.4, -0.2) is 40.4 Å². The fraction of sp³-hybridized carbons (Fsp3) is 0.667. The van der Waals surface area contributed by atoms with Crippen molar-refractivity contribution in [1.82, 2.24) is 14.9 Å². The number of nitrogens with one attached hydrogen (secondary N) is 2. The number of likely N-dealkylation sites (tertiary alicyclic amines) is 1. The lowest BCUT2D eigenvalue weighted by Gasteiger charge is -2.26. The molecular weight excluding hydrogens is 268 g/mol. The number of aromatic nitrogens is 2. The number of carbonyl (C=O) groups excluding carboxylic acids is 1. The molecule has 2 heterocycles.